The van der Waals surface area contributed by atoms with E-state index in [0.717, 1.165) is 12.5 Å². The maximum atomic E-state index is 3.88. The molecule has 106 valence electrons. The molecule has 3 atom stereocenters. The summed E-state index contributed by atoms with van der Waals surface area (Å²) in [5.41, 5.74) is 0.729. The minimum Gasteiger partial charge on any atom is -0.308 e. The quantitative estimate of drug-likeness (QED) is 0.829. The highest BCUT2D eigenvalue weighted by Gasteiger charge is 2.48. The third kappa shape index (κ3) is 2.75. The van der Waals surface area contributed by atoms with Crippen LogP contribution in [0.1, 0.15) is 60.8 Å². The topological polar surface area (TPSA) is 15.3 Å². The number of hydrogen-bond donors (Lipinski definition) is 1. The highest BCUT2D eigenvalue weighted by molar-refractivity contribution is 5.06. The zero-order valence-corrected chi connectivity index (χ0v) is 13.2. The molecule has 3 unspecified atom stereocenters. The van der Waals surface area contributed by atoms with Crippen LogP contribution in [0.15, 0.2) is 0 Å². The standard InChI is InChI=1S/C16H32N2/c1-7-12(2)18-11-16(6,13-8-9-13)17-10-14(18)15(3,4)5/h12-14,17H,7-11H2,1-6H3. The zero-order valence-electron chi connectivity index (χ0n) is 13.2. The van der Waals surface area contributed by atoms with Crippen molar-refractivity contribution in [1.29, 1.82) is 0 Å². The first-order valence-corrected chi connectivity index (χ1v) is 7.78. The van der Waals surface area contributed by atoms with Gasteiger partial charge in [0.2, 0.25) is 0 Å². The van der Waals surface area contributed by atoms with Crippen LogP contribution in [0.5, 0.6) is 0 Å². The van der Waals surface area contributed by atoms with Crippen molar-refractivity contribution in [2.24, 2.45) is 11.3 Å². The SMILES string of the molecule is CCC(C)N1CC(C)(C2CC2)NCC1C(C)(C)C. The van der Waals surface area contributed by atoms with Crippen molar-refractivity contribution < 1.29 is 0 Å². The molecular formula is C16H32N2. The zero-order chi connectivity index (χ0) is 13.6. The van der Waals surface area contributed by atoms with Crippen molar-refractivity contribution >= 4 is 0 Å². The van der Waals surface area contributed by atoms with Crippen LogP contribution in [-0.2, 0) is 0 Å². The van der Waals surface area contributed by atoms with Gasteiger partial charge in [0, 0.05) is 30.7 Å². The number of rotatable bonds is 3. The Bertz CT molecular complexity index is 290. The van der Waals surface area contributed by atoms with Gasteiger partial charge in [0.1, 0.15) is 0 Å². The van der Waals surface area contributed by atoms with E-state index < -0.39 is 0 Å². The van der Waals surface area contributed by atoms with Crippen molar-refractivity contribution in [3.05, 3.63) is 0 Å². The molecule has 1 saturated carbocycles. The molecular weight excluding hydrogens is 220 g/mol. The summed E-state index contributed by atoms with van der Waals surface area (Å²) < 4.78 is 0. The molecule has 0 bridgehead atoms. The molecule has 2 aliphatic rings. The Labute approximate surface area is 114 Å². The van der Waals surface area contributed by atoms with Crippen molar-refractivity contribution in [1.82, 2.24) is 10.2 Å². The summed E-state index contributed by atoms with van der Waals surface area (Å²) in [5, 5.41) is 3.88. The number of nitrogens with one attached hydrogen (secondary N) is 1. The normalized spacial score (nSPS) is 36.7. The maximum absolute atomic E-state index is 3.88. The van der Waals surface area contributed by atoms with Crippen LogP contribution < -0.4 is 5.32 Å². The van der Waals surface area contributed by atoms with Gasteiger partial charge in [-0.2, -0.15) is 0 Å². The summed E-state index contributed by atoms with van der Waals surface area (Å²) in [6.45, 7) is 16.7. The number of piperazine rings is 1. The molecule has 0 spiro atoms. The van der Waals surface area contributed by atoms with Gasteiger partial charge in [-0.3, -0.25) is 4.90 Å². The van der Waals surface area contributed by atoms with Crippen molar-refractivity contribution in [3.63, 3.8) is 0 Å². The van der Waals surface area contributed by atoms with Gasteiger partial charge in [-0.1, -0.05) is 27.7 Å². The Balaban J connectivity index is 2.15. The maximum Gasteiger partial charge on any atom is 0.0309 e. The van der Waals surface area contributed by atoms with Crippen LogP contribution in [0.25, 0.3) is 0 Å². The molecule has 2 nitrogen and oxygen atoms in total. The minimum absolute atomic E-state index is 0.362. The average molecular weight is 252 g/mol. The van der Waals surface area contributed by atoms with Crippen LogP contribution in [0.2, 0.25) is 0 Å². The third-order valence-electron chi connectivity index (χ3n) is 5.25. The Kier molecular flexibility index (Phi) is 3.81. The van der Waals surface area contributed by atoms with Gasteiger partial charge in [-0.15, -0.1) is 0 Å². The summed E-state index contributed by atoms with van der Waals surface area (Å²) in [6, 6.07) is 1.37. The van der Waals surface area contributed by atoms with Crippen molar-refractivity contribution in [2.75, 3.05) is 13.1 Å². The van der Waals surface area contributed by atoms with Crippen LogP contribution in [0.4, 0.5) is 0 Å². The largest absolute Gasteiger partial charge is 0.308 e. The molecule has 1 aliphatic heterocycles. The first kappa shape index (κ1) is 14.3. The van der Waals surface area contributed by atoms with E-state index in [4.69, 9.17) is 0 Å². The monoisotopic (exact) mass is 252 g/mol. The molecule has 1 heterocycles. The van der Waals surface area contributed by atoms with E-state index in [9.17, 15) is 0 Å². The molecule has 2 rings (SSSR count). The molecule has 0 amide bonds. The smallest absolute Gasteiger partial charge is 0.0309 e. The van der Waals surface area contributed by atoms with Gasteiger partial charge in [0.25, 0.3) is 0 Å². The van der Waals surface area contributed by atoms with Gasteiger partial charge in [0.05, 0.1) is 0 Å². The summed E-state index contributed by atoms with van der Waals surface area (Å²) in [4.78, 5) is 2.79. The van der Waals surface area contributed by atoms with Crippen LogP contribution >= 0.6 is 0 Å². The first-order chi connectivity index (χ1) is 8.28. The van der Waals surface area contributed by atoms with E-state index >= 15 is 0 Å². The summed E-state index contributed by atoms with van der Waals surface area (Å²) in [7, 11) is 0. The lowest BCUT2D eigenvalue weighted by molar-refractivity contribution is -0.00609. The molecule has 1 aliphatic carbocycles. The fourth-order valence-corrected chi connectivity index (χ4v) is 3.49. The molecule has 2 heteroatoms. The molecule has 18 heavy (non-hydrogen) atoms. The predicted octanol–water partition coefficient (Wildman–Crippen LogP) is 3.27. The van der Waals surface area contributed by atoms with Crippen molar-refractivity contribution in [3.8, 4) is 0 Å². The van der Waals surface area contributed by atoms with Crippen LogP contribution in [0.3, 0.4) is 0 Å². The van der Waals surface area contributed by atoms with E-state index in [2.05, 4.69) is 51.8 Å². The van der Waals surface area contributed by atoms with Gasteiger partial charge in [-0.25, -0.2) is 0 Å². The fraction of sp³-hybridized carbons (Fsp3) is 1.00. The predicted molar refractivity (Wildman–Crippen MR) is 78.8 cm³/mol. The summed E-state index contributed by atoms with van der Waals surface area (Å²) >= 11 is 0. The molecule has 2 fully saturated rings. The highest BCUT2D eigenvalue weighted by Crippen LogP contribution is 2.43. The number of nitrogens with zero attached hydrogens (tertiary/aromatic N) is 1. The van der Waals surface area contributed by atoms with E-state index in [1.54, 1.807) is 0 Å². The fourth-order valence-electron chi connectivity index (χ4n) is 3.49. The lowest BCUT2D eigenvalue weighted by Crippen LogP contribution is -2.68. The Morgan fingerprint density at radius 3 is 2.39 bits per heavy atom. The molecule has 0 aromatic heterocycles. The van der Waals surface area contributed by atoms with E-state index in [1.807, 2.05) is 0 Å². The van der Waals surface area contributed by atoms with Gasteiger partial charge < -0.3 is 5.32 Å². The van der Waals surface area contributed by atoms with E-state index in [0.29, 0.717) is 23.0 Å². The second-order valence-corrected chi connectivity index (χ2v) is 7.88. The lowest BCUT2D eigenvalue weighted by atomic mass is 9.80. The van der Waals surface area contributed by atoms with Crippen LogP contribution in [-0.4, -0.2) is 35.6 Å². The average Bonchev–Trinajstić information content (AvgIpc) is 3.10. The van der Waals surface area contributed by atoms with E-state index in [-0.39, 0.29) is 0 Å². The van der Waals surface area contributed by atoms with Crippen molar-refractivity contribution in [2.45, 2.75) is 78.4 Å². The first-order valence-electron chi connectivity index (χ1n) is 7.78. The third-order valence-corrected chi connectivity index (χ3v) is 5.25. The van der Waals surface area contributed by atoms with E-state index in [1.165, 1.54) is 25.8 Å². The summed E-state index contributed by atoms with van der Waals surface area (Å²) in [5.74, 6) is 0.921. The molecule has 0 aromatic rings. The second-order valence-electron chi connectivity index (χ2n) is 7.88. The van der Waals surface area contributed by atoms with Gasteiger partial charge >= 0.3 is 0 Å². The molecule has 0 aromatic carbocycles. The Morgan fingerprint density at radius 1 is 1.33 bits per heavy atom. The number of hydrogen-bond acceptors (Lipinski definition) is 2. The van der Waals surface area contributed by atoms with Gasteiger partial charge in [-0.05, 0) is 44.4 Å². The van der Waals surface area contributed by atoms with Gasteiger partial charge in [0.15, 0.2) is 0 Å². The Hall–Kier alpha value is -0.0800. The lowest BCUT2D eigenvalue weighted by Gasteiger charge is -2.53. The minimum atomic E-state index is 0.362. The molecule has 1 saturated heterocycles. The summed E-state index contributed by atoms with van der Waals surface area (Å²) in [6.07, 6.45) is 4.11. The highest BCUT2D eigenvalue weighted by atomic mass is 15.3. The molecule has 1 N–H and O–H groups in total. The second kappa shape index (κ2) is 4.79. The van der Waals surface area contributed by atoms with Crippen LogP contribution in [0, 0.1) is 11.3 Å². The molecule has 0 radical (unpaired) electrons. The Morgan fingerprint density at radius 2 is 1.94 bits per heavy atom.